The molecule has 0 aliphatic carbocycles. The first-order valence-corrected chi connectivity index (χ1v) is 7.60. The summed E-state index contributed by atoms with van der Waals surface area (Å²) >= 11 is 6.02. The summed E-state index contributed by atoms with van der Waals surface area (Å²) < 4.78 is 5.73. The van der Waals surface area contributed by atoms with Gasteiger partial charge in [0, 0.05) is 36.6 Å². The number of benzene rings is 1. The predicted molar refractivity (Wildman–Crippen MR) is 90.0 cm³/mol. The molecular formula is C16H19ClN4O2. The topological polar surface area (TPSA) is 76.1 Å². The van der Waals surface area contributed by atoms with E-state index in [9.17, 15) is 4.79 Å². The van der Waals surface area contributed by atoms with Crippen molar-refractivity contribution in [2.24, 2.45) is 0 Å². The Bertz CT molecular complexity index is 674. The van der Waals surface area contributed by atoms with E-state index in [2.05, 4.69) is 20.6 Å². The summed E-state index contributed by atoms with van der Waals surface area (Å²) in [6, 6.07) is 5.34. The van der Waals surface area contributed by atoms with E-state index in [1.807, 2.05) is 13.8 Å². The summed E-state index contributed by atoms with van der Waals surface area (Å²) in [6.45, 7) is 4.19. The van der Waals surface area contributed by atoms with Crippen LogP contribution < -0.4 is 15.4 Å². The van der Waals surface area contributed by atoms with Crippen LogP contribution in [0.5, 0.6) is 5.75 Å². The Morgan fingerprint density at radius 2 is 2.00 bits per heavy atom. The number of anilines is 1. The highest BCUT2D eigenvalue weighted by atomic mass is 35.5. The first-order valence-electron chi connectivity index (χ1n) is 7.22. The normalized spacial score (nSPS) is 10.5. The van der Waals surface area contributed by atoms with Gasteiger partial charge in [-0.3, -0.25) is 4.79 Å². The summed E-state index contributed by atoms with van der Waals surface area (Å²) in [5.74, 6) is 0.901. The molecular weight excluding hydrogens is 316 g/mol. The zero-order chi connectivity index (χ0) is 16.8. The second-order valence-electron chi connectivity index (χ2n) is 5.15. The summed E-state index contributed by atoms with van der Waals surface area (Å²) in [4.78, 5) is 20.2. The summed E-state index contributed by atoms with van der Waals surface area (Å²) in [5, 5.41) is 6.20. The molecule has 1 heterocycles. The van der Waals surface area contributed by atoms with Crippen LogP contribution in [0, 0.1) is 0 Å². The molecule has 2 aromatic rings. The second kappa shape index (κ2) is 7.78. The molecule has 0 aliphatic heterocycles. The first-order chi connectivity index (χ1) is 11.0. The van der Waals surface area contributed by atoms with Crippen LogP contribution in [0.3, 0.4) is 0 Å². The van der Waals surface area contributed by atoms with Crippen molar-refractivity contribution >= 4 is 23.5 Å². The minimum atomic E-state index is -0.261. The molecule has 6 nitrogen and oxygen atoms in total. The third kappa shape index (κ3) is 4.82. The Labute approximate surface area is 140 Å². The Morgan fingerprint density at radius 1 is 1.30 bits per heavy atom. The quantitative estimate of drug-likeness (QED) is 0.849. The van der Waals surface area contributed by atoms with Crippen LogP contribution in [-0.4, -0.2) is 29.0 Å². The van der Waals surface area contributed by atoms with Crippen LogP contribution in [0.2, 0.25) is 5.02 Å². The van der Waals surface area contributed by atoms with Gasteiger partial charge in [0.2, 0.25) is 5.95 Å². The van der Waals surface area contributed by atoms with Crippen molar-refractivity contribution < 1.29 is 9.53 Å². The average Bonchev–Trinajstić information content (AvgIpc) is 2.54. The summed E-state index contributed by atoms with van der Waals surface area (Å²) in [6.07, 6.45) is 2.98. The number of carbonyl (C=O) groups is 1. The molecule has 0 fully saturated rings. The molecule has 23 heavy (non-hydrogen) atoms. The maximum atomic E-state index is 12.2. The number of carbonyl (C=O) groups excluding carboxylic acids is 1. The maximum Gasteiger partial charge on any atom is 0.254 e. The Hall–Kier alpha value is -2.34. The smallest absolute Gasteiger partial charge is 0.254 e. The fourth-order valence-corrected chi connectivity index (χ4v) is 2.10. The zero-order valence-corrected chi connectivity index (χ0v) is 14.0. The molecule has 2 N–H and O–H groups in total. The van der Waals surface area contributed by atoms with E-state index in [1.165, 1.54) is 12.4 Å². The number of nitrogens with zero attached hydrogens (tertiary/aromatic N) is 2. The Balaban J connectivity index is 2.07. The molecule has 0 radical (unpaired) electrons. The Kier molecular flexibility index (Phi) is 5.76. The van der Waals surface area contributed by atoms with Crippen molar-refractivity contribution in [2.45, 2.75) is 26.5 Å². The van der Waals surface area contributed by atoms with Gasteiger partial charge in [0.15, 0.2) is 0 Å². The van der Waals surface area contributed by atoms with E-state index in [0.29, 0.717) is 28.8 Å². The molecule has 7 heteroatoms. The summed E-state index contributed by atoms with van der Waals surface area (Å²) in [5.41, 5.74) is 1.20. The third-order valence-electron chi connectivity index (χ3n) is 2.96. The van der Waals surface area contributed by atoms with E-state index in [1.54, 1.807) is 25.2 Å². The lowest BCUT2D eigenvalue weighted by atomic mass is 10.2. The van der Waals surface area contributed by atoms with Crippen molar-refractivity contribution in [1.82, 2.24) is 15.3 Å². The highest BCUT2D eigenvalue weighted by Gasteiger charge is 2.11. The lowest BCUT2D eigenvalue weighted by Crippen LogP contribution is -2.24. The molecule has 122 valence electrons. The van der Waals surface area contributed by atoms with Crippen LogP contribution in [0.25, 0.3) is 0 Å². The van der Waals surface area contributed by atoms with Gasteiger partial charge in [-0.05, 0) is 32.0 Å². The van der Waals surface area contributed by atoms with Crippen molar-refractivity contribution in [3.05, 3.63) is 46.7 Å². The molecule has 0 saturated carbocycles. The molecule has 0 unspecified atom stereocenters. The van der Waals surface area contributed by atoms with E-state index >= 15 is 0 Å². The number of nitrogens with one attached hydrogen (secondary N) is 2. The van der Waals surface area contributed by atoms with Gasteiger partial charge in [-0.2, -0.15) is 0 Å². The number of halogens is 1. The van der Waals surface area contributed by atoms with Crippen molar-refractivity contribution in [2.75, 3.05) is 12.4 Å². The fraction of sp³-hybridized carbons (Fsp3) is 0.312. The van der Waals surface area contributed by atoms with Gasteiger partial charge in [0.25, 0.3) is 5.91 Å². The van der Waals surface area contributed by atoms with Crippen LogP contribution in [0.1, 0.15) is 29.8 Å². The maximum absolute atomic E-state index is 12.2. The predicted octanol–water partition coefficient (Wildman–Crippen LogP) is 2.89. The fourth-order valence-electron chi connectivity index (χ4n) is 1.91. The molecule has 1 amide bonds. The highest BCUT2D eigenvalue weighted by Crippen LogP contribution is 2.24. The van der Waals surface area contributed by atoms with Gasteiger partial charge < -0.3 is 15.4 Å². The lowest BCUT2D eigenvalue weighted by molar-refractivity contribution is 0.0950. The average molecular weight is 335 g/mol. The number of rotatable bonds is 6. The monoisotopic (exact) mass is 334 g/mol. The largest absolute Gasteiger partial charge is 0.491 e. The Morgan fingerprint density at radius 3 is 2.61 bits per heavy atom. The first kappa shape index (κ1) is 17.0. The van der Waals surface area contributed by atoms with E-state index in [0.717, 1.165) is 5.56 Å². The molecule has 1 aromatic carbocycles. The van der Waals surface area contributed by atoms with E-state index in [-0.39, 0.29) is 12.0 Å². The van der Waals surface area contributed by atoms with Gasteiger partial charge in [0.05, 0.1) is 11.7 Å². The second-order valence-corrected chi connectivity index (χ2v) is 5.58. The number of amides is 1. The zero-order valence-electron chi connectivity index (χ0n) is 13.3. The minimum Gasteiger partial charge on any atom is -0.491 e. The molecule has 2 rings (SSSR count). The van der Waals surface area contributed by atoms with Gasteiger partial charge in [-0.15, -0.1) is 0 Å². The molecule has 0 bridgehead atoms. The standard InChI is InChI=1S/C16H19ClN4O2/c1-10(2)23-14-5-4-13(17)6-11(14)7-19-15(22)12-8-20-16(18-3)21-9-12/h4-6,8-10H,7H2,1-3H3,(H,19,22)(H,18,20,21). The number of aromatic nitrogens is 2. The van der Waals surface area contributed by atoms with Crippen molar-refractivity contribution in [3.63, 3.8) is 0 Å². The minimum absolute atomic E-state index is 0.0353. The van der Waals surface area contributed by atoms with E-state index < -0.39 is 0 Å². The lowest BCUT2D eigenvalue weighted by Gasteiger charge is -2.15. The number of ether oxygens (including phenoxy) is 1. The van der Waals surface area contributed by atoms with Gasteiger partial charge in [-0.25, -0.2) is 9.97 Å². The summed E-state index contributed by atoms with van der Waals surface area (Å²) in [7, 11) is 1.71. The van der Waals surface area contributed by atoms with Crippen LogP contribution in [0.15, 0.2) is 30.6 Å². The van der Waals surface area contributed by atoms with Gasteiger partial charge in [-0.1, -0.05) is 11.6 Å². The van der Waals surface area contributed by atoms with Crippen LogP contribution >= 0.6 is 11.6 Å². The highest BCUT2D eigenvalue weighted by molar-refractivity contribution is 6.30. The van der Waals surface area contributed by atoms with Crippen LogP contribution in [-0.2, 0) is 6.54 Å². The van der Waals surface area contributed by atoms with Gasteiger partial charge >= 0.3 is 0 Å². The SMILES string of the molecule is CNc1ncc(C(=O)NCc2cc(Cl)ccc2OC(C)C)cn1. The third-order valence-corrected chi connectivity index (χ3v) is 3.20. The molecule has 0 spiro atoms. The molecule has 0 atom stereocenters. The van der Waals surface area contributed by atoms with Crippen molar-refractivity contribution in [3.8, 4) is 5.75 Å². The van der Waals surface area contributed by atoms with Crippen LogP contribution in [0.4, 0.5) is 5.95 Å². The molecule has 1 aromatic heterocycles. The molecule has 0 saturated heterocycles. The van der Waals surface area contributed by atoms with Gasteiger partial charge in [0.1, 0.15) is 5.75 Å². The molecule has 0 aliphatic rings. The number of hydrogen-bond acceptors (Lipinski definition) is 5. The van der Waals surface area contributed by atoms with Crippen molar-refractivity contribution in [1.29, 1.82) is 0 Å². The number of hydrogen-bond donors (Lipinski definition) is 2. The van der Waals surface area contributed by atoms with E-state index in [4.69, 9.17) is 16.3 Å².